The third kappa shape index (κ3) is 4.19. The van der Waals surface area contributed by atoms with Crippen LogP contribution in [0.3, 0.4) is 0 Å². The Kier molecular flexibility index (Phi) is 5.15. The number of nitrogens with zero attached hydrogens (tertiary/aromatic N) is 3. The van der Waals surface area contributed by atoms with Crippen molar-refractivity contribution in [1.82, 2.24) is 19.8 Å². The molecule has 0 aliphatic rings. The quantitative estimate of drug-likeness (QED) is 0.796. The predicted molar refractivity (Wildman–Crippen MR) is 67.4 cm³/mol. The molecule has 1 N–H and O–H groups in total. The molecule has 0 aromatic carbocycles. The topological polar surface area (TPSA) is 50.2 Å². The molecular weight excluding hydrogens is 216 g/mol. The second kappa shape index (κ2) is 6.39. The van der Waals surface area contributed by atoms with Crippen LogP contribution in [-0.4, -0.2) is 40.0 Å². The summed E-state index contributed by atoms with van der Waals surface area (Å²) in [7, 11) is 3.73. The molecule has 5 heteroatoms. The Morgan fingerprint density at radius 1 is 1.65 bits per heavy atom. The Morgan fingerprint density at radius 2 is 2.35 bits per heavy atom. The van der Waals surface area contributed by atoms with Crippen LogP contribution in [0.5, 0.6) is 0 Å². The van der Waals surface area contributed by atoms with Gasteiger partial charge in [-0.15, -0.1) is 0 Å². The summed E-state index contributed by atoms with van der Waals surface area (Å²) in [4.78, 5) is 17.7. The number of carbonyl (C=O) groups is 1. The largest absolute Gasteiger partial charge is 0.337 e. The standard InChI is InChI=1S/C12H22N4O/c1-5-10(2)14-8-12(17)16(4)9-11-13-6-7-15(11)3/h6-7,10,14H,5,8-9H2,1-4H3. The third-order valence-electron chi connectivity index (χ3n) is 2.94. The van der Waals surface area contributed by atoms with Gasteiger partial charge in [-0.2, -0.15) is 0 Å². The van der Waals surface area contributed by atoms with Gasteiger partial charge in [0.1, 0.15) is 5.82 Å². The Morgan fingerprint density at radius 3 is 2.88 bits per heavy atom. The molecule has 1 aromatic heterocycles. The summed E-state index contributed by atoms with van der Waals surface area (Å²) in [5.74, 6) is 0.984. The van der Waals surface area contributed by atoms with Crippen LogP contribution in [0.15, 0.2) is 12.4 Å². The average molecular weight is 238 g/mol. The van der Waals surface area contributed by atoms with E-state index in [9.17, 15) is 4.79 Å². The lowest BCUT2D eigenvalue weighted by atomic mass is 10.2. The molecule has 1 atom stereocenters. The normalized spacial score (nSPS) is 12.5. The van der Waals surface area contributed by atoms with E-state index in [1.807, 2.05) is 17.8 Å². The van der Waals surface area contributed by atoms with Crippen LogP contribution in [0.2, 0.25) is 0 Å². The Labute approximate surface area is 103 Å². The molecule has 0 saturated carbocycles. The highest BCUT2D eigenvalue weighted by Crippen LogP contribution is 1.99. The Balaban J connectivity index is 2.40. The third-order valence-corrected chi connectivity index (χ3v) is 2.94. The Hall–Kier alpha value is -1.36. The molecule has 96 valence electrons. The van der Waals surface area contributed by atoms with E-state index >= 15 is 0 Å². The SMILES string of the molecule is CCC(C)NCC(=O)N(C)Cc1nccn1C. The molecule has 1 amide bonds. The molecule has 0 saturated heterocycles. The fraction of sp³-hybridized carbons (Fsp3) is 0.667. The number of hydrogen-bond donors (Lipinski definition) is 1. The molecule has 0 fully saturated rings. The van der Waals surface area contributed by atoms with Crippen LogP contribution in [0.1, 0.15) is 26.1 Å². The van der Waals surface area contributed by atoms with Gasteiger partial charge in [-0.3, -0.25) is 4.79 Å². The van der Waals surface area contributed by atoms with Gasteiger partial charge in [-0.1, -0.05) is 6.92 Å². The number of hydrogen-bond acceptors (Lipinski definition) is 3. The van der Waals surface area contributed by atoms with Gasteiger partial charge in [-0.05, 0) is 13.3 Å². The molecule has 0 radical (unpaired) electrons. The second-order valence-electron chi connectivity index (χ2n) is 4.39. The minimum atomic E-state index is 0.0910. The van der Waals surface area contributed by atoms with E-state index in [-0.39, 0.29) is 5.91 Å². The lowest BCUT2D eigenvalue weighted by molar-refractivity contribution is -0.129. The van der Waals surface area contributed by atoms with E-state index in [1.54, 1.807) is 18.1 Å². The molecular formula is C12H22N4O. The number of imidazole rings is 1. The second-order valence-corrected chi connectivity index (χ2v) is 4.39. The van der Waals surface area contributed by atoms with E-state index in [0.29, 0.717) is 19.1 Å². The van der Waals surface area contributed by atoms with Crippen molar-refractivity contribution in [1.29, 1.82) is 0 Å². The van der Waals surface area contributed by atoms with E-state index in [2.05, 4.69) is 24.1 Å². The molecule has 0 spiro atoms. The first-order valence-corrected chi connectivity index (χ1v) is 5.98. The molecule has 1 unspecified atom stereocenters. The molecule has 5 nitrogen and oxygen atoms in total. The van der Waals surface area contributed by atoms with Crippen molar-refractivity contribution in [3.63, 3.8) is 0 Å². The van der Waals surface area contributed by atoms with Crippen LogP contribution in [-0.2, 0) is 18.4 Å². The maximum Gasteiger partial charge on any atom is 0.236 e. The van der Waals surface area contributed by atoms with Crippen molar-refractivity contribution in [3.05, 3.63) is 18.2 Å². The van der Waals surface area contributed by atoms with Crippen LogP contribution in [0.25, 0.3) is 0 Å². The molecule has 1 rings (SSSR count). The first kappa shape index (κ1) is 13.7. The molecule has 1 aromatic rings. The monoisotopic (exact) mass is 238 g/mol. The fourth-order valence-electron chi connectivity index (χ4n) is 1.39. The fourth-order valence-corrected chi connectivity index (χ4v) is 1.39. The molecule has 17 heavy (non-hydrogen) atoms. The summed E-state index contributed by atoms with van der Waals surface area (Å²) in [6, 6.07) is 0.375. The van der Waals surface area contributed by atoms with Crippen molar-refractivity contribution < 1.29 is 4.79 Å². The first-order chi connectivity index (χ1) is 8.04. The number of carbonyl (C=O) groups excluding carboxylic acids is 1. The lowest BCUT2D eigenvalue weighted by Crippen LogP contribution is -2.38. The predicted octanol–water partition coefficient (Wildman–Crippen LogP) is 0.767. The smallest absolute Gasteiger partial charge is 0.236 e. The minimum Gasteiger partial charge on any atom is -0.337 e. The van der Waals surface area contributed by atoms with Gasteiger partial charge in [-0.25, -0.2) is 4.98 Å². The van der Waals surface area contributed by atoms with Crippen molar-refractivity contribution in [3.8, 4) is 0 Å². The summed E-state index contributed by atoms with van der Waals surface area (Å²) in [5.41, 5.74) is 0. The number of aromatic nitrogens is 2. The zero-order valence-electron chi connectivity index (χ0n) is 11.1. The number of likely N-dealkylation sites (N-methyl/N-ethyl adjacent to an activating group) is 1. The average Bonchev–Trinajstić information content (AvgIpc) is 2.71. The minimum absolute atomic E-state index is 0.0910. The van der Waals surface area contributed by atoms with Crippen molar-refractivity contribution in [2.45, 2.75) is 32.9 Å². The number of aryl methyl sites for hydroxylation is 1. The Bertz CT molecular complexity index is 361. The zero-order valence-corrected chi connectivity index (χ0v) is 11.1. The number of amides is 1. The van der Waals surface area contributed by atoms with E-state index in [1.165, 1.54) is 0 Å². The molecule has 0 aliphatic heterocycles. The van der Waals surface area contributed by atoms with Gasteiger partial charge in [0.2, 0.25) is 5.91 Å². The maximum absolute atomic E-state index is 11.8. The van der Waals surface area contributed by atoms with Crippen LogP contribution in [0, 0.1) is 0 Å². The summed E-state index contributed by atoms with van der Waals surface area (Å²) in [6.45, 7) is 5.10. The van der Waals surface area contributed by atoms with E-state index in [0.717, 1.165) is 12.2 Å². The zero-order chi connectivity index (χ0) is 12.8. The highest BCUT2D eigenvalue weighted by Gasteiger charge is 2.11. The van der Waals surface area contributed by atoms with E-state index in [4.69, 9.17) is 0 Å². The summed E-state index contributed by atoms with van der Waals surface area (Å²) in [5, 5.41) is 3.19. The van der Waals surface area contributed by atoms with Gasteiger partial charge in [0.05, 0.1) is 13.1 Å². The van der Waals surface area contributed by atoms with Gasteiger partial charge in [0, 0.05) is 32.5 Å². The van der Waals surface area contributed by atoms with Gasteiger partial charge in [0.15, 0.2) is 0 Å². The summed E-state index contributed by atoms with van der Waals surface area (Å²) >= 11 is 0. The van der Waals surface area contributed by atoms with Gasteiger partial charge in [0.25, 0.3) is 0 Å². The lowest BCUT2D eigenvalue weighted by Gasteiger charge is -2.18. The molecule has 0 bridgehead atoms. The summed E-state index contributed by atoms with van der Waals surface area (Å²) < 4.78 is 1.92. The van der Waals surface area contributed by atoms with Crippen LogP contribution < -0.4 is 5.32 Å². The van der Waals surface area contributed by atoms with Gasteiger partial charge < -0.3 is 14.8 Å². The maximum atomic E-state index is 11.8. The van der Waals surface area contributed by atoms with Crippen molar-refractivity contribution in [2.75, 3.05) is 13.6 Å². The summed E-state index contributed by atoms with van der Waals surface area (Å²) in [6.07, 6.45) is 4.65. The highest BCUT2D eigenvalue weighted by atomic mass is 16.2. The molecule has 1 heterocycles. The van der Waals surface area contributed by atoms with Crippen LogP contribution >= 0.6 is 0 Å². The van der Waals surface area contributed by atoms with Gasteiger partial charge >= 0.3 is 0 Å². The first-order valence-electron chi connectivity index (χ1n) is 5.98. The van der Waals surface area contributed by atoms with Crippen molar-refractivity contribution >= 4 is 5.91 Å². The van der Waals surface area contributed by atoms with E-state index < -0.39 is 0 Å². The van der Waals surface area contributed by atoms with Crippen LogP contribution in [0.4, 0.5) is 0 Å². The van der Waals surface area contributed by atoms with Crippen molar-refractivity contribution in [2.24, 2.45) is 7.05 Å². The number of nitrogens with one attached hydrogen (secondary N) is 1. The number of rotatable bonds is 6. The molecule has 0 aliphatic carbocycles. The highest BCUT2D eigenvalue weighted by molar-refractivity contribution is 5.77.